The molecule has 0 saturated carbocycles. The number of halogens is 8. The van der Waals surface area contributed by atoms with Gasteiger partial charge >= 0.3 is 11.9 Å². The zero-order valence-electron chi connectivity index (χ0n) is 23.1. The lowest BCUT2D eigenvalue weighted by Crippen LogP contribution is -2.27. The van der Waals surface area contributed by atoms with Gasteiger partial charge in [-0.05, 0) is 140 Å². The predicted molar refractivity (Wildman–Crippen MR) is 199 cm³/mol. The number of nitrogens with two attached hydrogens (primary N) is 2. The van der Waals surface area contributed by atoms with E-state index in [-0.39, 0.29) is 69.0 Å². The van der Waals surface area contributed by atoms with Crippen LogP contribution in [0, 0.1) is 0 Å². The Morgan fingerprint density at radius 3 is 0.854 bits per heavy atom. The van der Waals surface area contributed by atoms with E-state index in [4.69, 9.17) is 21.7 Å². The summed E-state index contributed by atoms with van der Waals surface area (Å²) < 4.78 is 0.979. The largest absolute Gasteiger partial charge is 0.545 e. The molecule has 0 atom stereocenters. The van der Waals surface area contributed by atoms with Gasteiger partial charge in [-0.15, -0.1) is 0 Å². The van der Waals surface area contributed by atoms with Crippen molar-refractivity contribution in [3.63, 3.8) is 0 Å². The molecular weight excluding hydrogens is 1170 g/mol. The summed E-state index contributed by atoms with van der Waals surface area (Å²) in [4.78, 5) is 49.3. The van der Waals surface area contributed by atoms with Crippen LogP contribution in [0.15, 0.2) is 84.6 Å². The van der Waals surface area contributed by atoms with Gasteiger partial charge in [-0.2, -0.15) is 0 Å². The van der Waals surface area contributed by atoms with E-state index < -0.39 is 23.9 Å². The zero-order chi connectivity index (χ0) is 35.5. The molecule has 0 amide bonds. The van der Waals surface area contributed by atoms with E-state index in [0.29, 0.717) is 11.6 Å². The van der Waals surface area contributed by atoms with Crippen LogP contribution < -0.4 is 31.6 Å². The second kappa shape index (κ2) is 22.6. The number of nitrogens with one attached hydrogen (secondary N) is 2. The predicted octanol–water partition coefficient (Wildman–Crippen LogP) is 4.11. The molecule has 22 heteroatoms. The van der Waals surface area contributed by atoms with Crippen LogP contribution in [0.25, 0.3) is 0 Å². The first-order valence-electron chi connectivity index (χ1n) is 11.4. The second-order valence-corrected chi connectivity index (χ2v) is 14.2. The fraction of sp³-hybridized carbons (Fsp3) is 0. The number of hydrogen-bond donors (Lipinski definition) is 4. The molecule has 260 valence electrons. The number of rotatable bonds is 4. The van der Waals surface area contributed by atoms with E-state index in [2.05, 4.69) is 137 Å². The topological polar surface area (TPSA) is 298 Å². The van der Waals surface area contributed by atoms with E-state index in [0.717, 1.165) is 0 Å². The average Bonchev–Trinajstić information content (AvgIpc) is 2.97. The van der Waals surface area contributed by atoms with Crippen molar-refractivity contribution in [2.75, 3.05) is 11.5 Å². The van der Waals surface area contributed by atoms with Crippen LogP contribution in [0.1, 0.15) is 41.4 Å². The summed E-state index contributed by atoms with van der Waals surface area (Å²) in [5.41, 5.74) is 10.1. The Balaban J connectivity index is 0. The van der Waals surface area contributed by atoms with E-state index in [1.54, 1.807) is 24.5 Å². The summed E-state index contributed by atoms with van der Waals surface area (Å²) in [5.74, 6) is -3.82. The van der Waals surface area contributed by atoms with Crippen LogP contribution in [0.4, 0.5) is 11.6 Å². The molecule has 0 aliphatic carbocycles. The van der Waals surface area contributed by atoms with Crippen molar-refractivity contribution in [2.24, 2.45) is 0 Å². The summed E-state index contributed by atoms with van der Waals surface area (Å²) >= 11 is 24.1. The maximum atomic E-state index is 11.0. The number of carbonyl (C=O) groups excluding carboxylic acids is 2. The smallest absolute Gasteiger partial charge is 0.338 e. The Bertz CT molecular complexity index is 1490. The van der Waals surface area contributed by atoms with Crippen molar-refractivity contribution in [1.82, 2.24) is 0 Å². The highest BCUT2D eigenvalue weighted by molar-refractivity contribution is 9.14. The Hall–Kier alpha value is -2.02. The van der Waals surface area contributed by atoms with Crippen LogP contribution in [-0.2, 0) is 0 Å². The van der Waals surface area contributed by atoms with Crippen LogP contribution in [-0.4, -0.2) is 45.0 Å². The highest BCUT2D eigenvalue weighted by Crippen LogP contribution is 2.42. The van der Waals surface area contributed by atoms with Crippen molar-refractivity contribution in [3.8, 4) is 0 Å². The van der Waals surface area contributed by atoms with Crippen molar-refractivity contribution in [1.29, 1.82) is 0 Å². The molecule has 0 aliphatic rings. The minimum atomic E-state index is -1.44. The molecule has 14 nitrogen and oxygen atoms in total. The normalized spacial score (nSPS) is 9.33. The van der Waals surface area contributed by atoms with Gasteiger partial charge in [0.2, 0.25) is 0 Å². The Labute approximate surface area is 338 Å². The molecule has 4 rings (SSSR count). The lowest BCUT2D eigenvalue weighted by Gasteiger charge is -2.17. The highest BCUT2D eigenvalue weighted by atomic mass is 79.9. The van der Waals surface area contributed by atoms with Crippen molar-refractivity contribution in [3.05, 3.63) is 107 Å². The van der Waals surface area contributed by atoms with Crippen molar-refractivity contribution in [2.45, 2.75) is 0 Å². The molecule has 0 saturated heterocycles. The number of hydrogen-bond acceptors (Lipinski definition) is 8. The molecule has 0 radical (unpaired) electrons. The number of aromatic nitrogens is 2. The summed E-state index contributed by atoms with van der Waals surface area (Å²) in [5, 5.41) is 39.7. The monoisotopic (exact) mass is 1180 g/mol. The summed E-state index contributed by atoms with van der Waals surface area (Å²) in [7, 11) is 0. The Morgan fingerprint density at radius 1 is 0.500 bits per heavy atom. The number of pyridine rings is 2. The summed E-state index contributed by atoms with van der Waals surface area (Å²) in [6.07, 6.45) is 3.57. The summed E-state index contributed by atoms with van der Waals surface area (Å²) in [6.45, 7) is 0. The van der Waals surface area contributed by atoms with Crippen LogP contribution >= 0.6 is 127 Å². The number of aromatic carboxylic acids is 4. The third-order valence-electron chi connectivity index (χ3n) is 4.83. The number of H-pyrrole nitrogens is 2. The Morgan fingerprint density at radius 2 is 0.729 bits per heavy atom. The lowest BCUT2D eigenvalue weighted by molar-refractivity contribution is -0.360. The van der Waals surface area contributed by atoms with Gasteiger partial charge in [-0.1, -0.05) is 12.1 Å². The van der Waals surface area contributed by atoms with Gasteiger partial charge in [0.05, 0.1) is 35.5 Å². The molecule has 12 N–H and O–H groups in total. The summed E-state index contributed by atoms with van der Waals surface area (Å²) in [6, 6.07) is 11.1. The van der Waals surface area contributed by atoms with E-state index in [1.165, 1.54) is 0 Å². The van der Waals surface area contributed by atoms with Crippen molar-refractivity contribution >= 4 is 163 Å². The average molecular weight is 1190 g/mol. The van der Waals surface area contributed by atoms with Gasteiger partial charge in [-0.25, -0.2) is 19.6 Å². The number of aromatic amines is 2. The van der Waals surface area contributed by atoms with Gasteiger partial charge in [-0.3, -0.25) is 11.5 Å². The number of carboxylic acid groups (broad SMARTS) is 4. The third-order valence-corrected chi connectivity index (χ3v) is 13.3. The minimum Gasteiger partial charge on any atom is -0.545 e. The molecule has 4 aromatic rings. The number of carboxylic acids is 4. The molecule has 0 fully saturated rings. The molecule has 0 unspecified atom stereocenters. The second-order valence-electron chi connectivity index (χ2n) is 7.83. The van der Waals surface area contributed by atoms with Crippen molar-refractivity contribution < 1.29 is 60.5 Å². The maximum absolute atomic E-state index is 11.0. The number of nitrogen functional groups attached to an aromatic ring is 2. The molecule has 0 spiro atoms. The molecule has 48 heavy (non-hydrogen) atoms. The quantitative estimate of drug-likeness (QED) is 0.212. The zero-order valence-corrected chi connectivity index (χ0v) is 35.8. The van der Waals surface area contributed by atoms with Crippen LogP contribution in [0.5, 0.6) is 0 Å². The lowest BCUT2D eigenvalue weighted by atomic mass is 10.1. The first-order valence-corrected chi connectivity index (χ1v) is 17.8. The van der Waals surface area contributed by atoms with Gasteiger partial charge < -0.3 is 41.0 Å². The fourth-order valence-corrected chi connectivity index (χ4v) is 8.37. The number of anilines is 2. The minimum absolute atomic E-state index is 0. The molecule has 0 bridgehead atoms. The van der Waals surface area contributed by atoms with Crippen LogP contribution in [0.2, 0.25) is 0 Å². The van der Waals surface area contributed by atoms with E-state index >= 15 is 0 Å². The van der Waals surface area contributed by atoms with Gasteiger partial charge in [0.1, 0.15) is 0 Å². The van der Waals surface area contributed by atoms with Gasteiger partial charge in [0.15, 0.2) is 0 Å². The third kappa shape index (κ3) is 13.4. The maximum Gasteiger partial charge on any atom is 0.338 e. The first-order chi connectivity index (χ1) is 21.4. The van der Waals surface area contributed by atoms with E-state index in [9.17, 15) is 29.4 Å². The molecule has 2 heterocycles. The molecule has 2 aromatic heterocycles. The molecular formula is C26H20Br8N4O10. The molecule has 0 aliphatic heterocycles. The standard InChI is InChI=1S/2C8H2Br4O4.2C5H6N2.2H2O/c2*9-3-1(7(13)14)4(10)6(12)2(5(3)11)8(15)16;2*6-5-3-1-2-4-7-5;;/h2*(H,13,14)(H,15,16);2*1-4H,(H2,6,7);2*1H2. The highest BCUT2D eigenvalue weighted by Gasteiger charge is 2.26. The number of benzene rings is 2. The molecule has 2 aromatic carbocycles. The van der Waals surface area contributed by atoms with Gasteiger partial charge in [0, 0.05) is 59.0 Å². The number of carbonyl (C=O) groups is 4. The van der Waals surface area contributed by atoms with Gasteiger partial charge in [0.25, 0.3) is 11.6 Å². The van der Waals surface area contributed by atoms with Crippen LogP contribution in [0.3, 0.4) is 0 Å². The fourth-order valence-electron chi connectivity index (χ4n) is 2.81. The first kappa shape index (κ1) is 48.1. The van der Waals surface area contributed by atoms with E-state index in [1.807, 2.05) is 24.3 Å². The SMILES string of the molecule is Nc1cccc[nH+]1.Nc1cccc[nH+]1.O.O.O=C(O)c1c(Br)c(Br)c(C(=O)O)c(Br)c1Br.O=C([O-])c1c(Br)c(Br)c(C(=O)[O-])c(Br)c1Br. The Kier molecular flexibility index (Phi) is 22.7.